The Kier molecular flexibility index (Phi) is 5.82. The summed E-state index contributed by atoms with van der Waals surface area (Å²) >= 11 is 0. The smallest absolute Gasteiger partial charge is 0.147 e. The lowest BCUT2D eigenvalue weighted by molar-refractivity contribution is 0.530. The van der Waals surface area contributed by atoms with Gasteiger partial charge in [0.2, 0.25) is 0 Å². The molecule has 0 bridgehead atoms. The SMILES string of the molecule is CCNC(CCS(C)(=O)=O)c1cccc(N(C)C)c1. The number of sulfone groups is 1. The number of nitrogens with one attached hydrogen (secondary N) is 1. The van der Waals surface area contributed by atoms with Crippen LogP contribution in [0.25, 0.3) is 0 Å². The summed E-state index contributed by atoms with van der Waals surface area (Å²) in [5.74, 6) is 0.205. The Morgan fingerprint density at radius 3 is 2.53 bits per heavy atom. The van der Waals surface area contributed by atoms with Crippen LogP contribution in [-0.4, -0.2) is 41.1 Å². The van der Waals surface area contributed by atoms with Crippen molar-refractivity contribution in [2.75, 3.05) is 37.5 Å². The zero-order chi connectivity index (χ0) is 14.5. The van der Waals surface area contributed by atoms with Crippen molar-refractivity contribution >= 4 is 15.5 Å². The minimum atomic E-state index is -2.92. The fourth-order valence-corrected chi connectivity index (χ4v) is 2.65. The van der Waals surface area contributed by atoms with E-state index in [0.29, 0.717) is 6.42 Å². The first-order chi connectivity index (χ1) is 8.83. The van der Waals surface area contributed by atoms with Gasteiger partial charge in [0, 0.05) is 32.1 Å². The van der Waals surface area contributed by atoms with E-state index in [1.165, 1.54) is 6.26 Å². The molecule has 1 N–H and O–H groups in total. The zero-order valence-corrected chi connectivity index (χ0v) is 13.0. The molecule has 0 radical (unpaired) electrons. The molecular weight excluding hydrogens is 260 g/mol. The first-order valence-corrected chi connectivity index (χ1v) is 8.58. The van der Waals surface area contributed by atoms with Gasteiger partial charge in [0.1, 0.15) is 9.84 Å². The maximum absolute atomic E-state index is 11.3. The van der Waals surface area contributed by atoms with E-state index < -0.39 is 9.84 Å². The molecule has 108 valence electrons. The molecule has 0 aliphatic rings. The zero-order valence-electron chi connectivity index (χ0n) is 12.2. The summed E-state index contributed by atoms with van der Waals surface area (Å²) in [6.45, 7) is 2.85. The largest absolute Gasteiger partial charge is 0.378 e. The standard InChI is InChI=1S/C14H24N2O2S/c1-5-15-14(9-10-19(4,17)18)12-7-6-8-13(11-12)16(2)3/h6-8,11,14-15H,5,9-10H2,1-4H3. The molecule has 0 saturated heterocycles. The van der Waals surface area contributed by atoms with Crippen molar-refractivity contribution in [2.24, 2.45) is 0 Å². The summed E-state index contributed by atoms with van der Waals surface area (Å²) in [5.41, 5.74) is 2.26. The van der Waals surface area contributed by atoms with Crippen molar-refractivity contribution in [2.45, 2.75) is 19.4 Å². The fraction of sp³-hybridized carbons (Fsp3) is 0.571. The number of nitrogens with zero attached hydrogens (tertiary/aromatic N) is 1. The van der Waals surface area contributed by atoms with Crippen LogP contribution in [0.3, 0.4) is 0 Å². The normalized spacial score (nSPS) is 13.3. The Morgan fingerprint density at radius 2 is 2.00 bits per heavy atom. The number of hydrogen-bond acceptors (Lipinski definition) is 4. The van der Waals surface area contributed by atoms with Crippen molar-refractivity contribution in [3.05, 3.63) is 29.8 Å². The maximum Gasteiger partial charge on any atom is 0.147 e. The molecule has 1 aromatic carbocycles. The summed E-state index contributed by atoms with van der Waals surface area (Å²) in [6.07, 6.45) is 1.88. The summed E-state index contributed by atoms with van der Waals surface area (Å²) in [6, 6.07) is 8.29. The van der Waals surface area contributed by atoms with Gasteiger partial charge in [-0.2, -0.15) is 0 Å². The van der Waals surface area contributed by atoms with Gasteiger partial charge < -0.3 is 10.2 Å². The highest BCUT2D eigenvalue weighted by atomic mass is 32.2. The molecule has 1 rings (SSSR count). The van der Waals surface area contributed by atoms with Crippen molar-refractivity contribution in [1.29, 1.82) is 0 Å². The third-order valence-electron chi connectivity index (χ3n) is 3.02. The Morgan fingerprint density at radius 1 is 1.32 bits per heavy atom. The average molecular weight is 284 g/mol. The Hall–Kier alpha value is -1.07. The fourth-order valence-electron chi connectivity index (χ4n) is 1.98. The molecule has 1 unspecified atom stereocenters. The van der Waals surface area contributed by atoms with Crippen LogP contribution >= 0.6 is 0 Å². The maximum atomic E-state index is 11.3. The third kappa shape index (κ3) is 5.61. The van der Waals surface area contributed by atoms with E-state index >= 15 is 0 Å². The summed E-state index contributed by atoms with van der Waals surface area (Å²) in [5, 5.41) is 3.35. The van der Waals surface area contributed by atoms with E-state index in [1.54, 1.807) is 0 Å². The van der Waals surface area contributed by atoms with E-state index in [4.69, 9.17) is 0 Å². The topological polar surface area (TPSA) is 49.4 Å². The highest BCUT2D eigenvalue weighted by Crippen LogP contribution is 2.22. The Balaban J connectivity index is 2.89. The molecule has 0 amide bonds. The summed E-state index contributed by atoms with van der Waals surface area (Å²) < 4.78 is 22.6. The van der Waals surface area contributed by atoms with Gasteiger partial charge >= 0.3 is 0 Å². The van der Waals surface area contributed by atoms with E-state index in [0.717, 1.165) is 17.8 Å². The molecule has 1 aromatic rings. The average Bonchev–Trinajstić information content (AvgIpc) is 2.33. The second-order valence-corrected chi connectivity index (χ2v) is 7.28. The number of anilines is 1. The molecular formula is C14H24N2O2S. The van der Waals surface area contributed by atoms with Crippen molar-refractivity contribution in [3.63, 3.8) is 0 Å². The van der Waals surface area contributed by atoms with E-state index in [-0.39, 0.29) is 11.8 Å². The molecule has 19 heavy (non-hydrogen) atoms. The molecule has 0 spiro atoms. The van der Waals surface area contributed by atoms with Gasteiger partial charge in [0.15, 0.2) is 0 Å². The van der Waals surface area contributed by atoms with Gasteiger partial charge in [0.25, 0.3) is 0 Å². The van der Waals surface area contributed by atoms with Crippen LogP contribution in [0.5, 0.6) is 0 Å². The Labute approximate surface area is 116 Å². The quantitative estimate of drug-likeness (QED) is 0.830. The third-order valence-corrected chi connectivity index (χ3v) is 3.99. The van der Waals surface area contributed by atoms with Gasteiger partial charge in [-0.3, -0.25) is 0 Å². The molecule has 5 heteroatoms. The molecule has 0 heterocycles. The predicted octanol–water partition coefficient (Wildman–Crippen LogP) is 1.84. The van der Waals surface area contributed by atoms with E-state index in [1.807, 2.05) is 44.1 Å². The number of benzene rings is 1. The highest BCUT2D eigenvalue weighted by molar-refractivity contribution is 7.90. The lowest BCUT2D eigenvalue weighted by Crippen LogP contribution is -2.23. The second kappa shape index (κ2) is 6.91. The van der Waals surface area contributed by atoms with Crippen LogP contribution in [0.4, 0.5) is 5.69 Å². The Bertz CT molecular complexity index is 498. The minimum Gasteiger partial charge on any atom is -0.378 e. The predicted molar refractivity (Wildman–Crippen MR) is 81.5 cm³/mol. The van der Waals surface area contributed by atoms with Crippen LogP contribution < -0.4 is 10.2 Å². The molecule has 0 aliphatic heterocycles. The lowest BCUT2D eigenvalue weighted by Gasteiger charge is -2.20. The number of rotatable bonds is 7. The van der Waals surface area contributed by atoms with Gasteiger partial charge in [-0.15, -0.1) is 0 Å². The molecule has 0 saturated carbocycles. The number of hydrogen-bond donors (Lipinski definition) is 1. The molecule has 0 fully saturated rings. The first kappa shape index (κ1) is 16.0. The molecule has 4 nitrogen and oxygen atoms in total. The van der Waals surface area contributed by atoms with E-state index in [2.05, 4.69) is 11.4 Å². The van der Waals surface area contributed by atoms with Crippen molar-refractivity contribution in [3.8, 4) is 0 Å². The minimum absolute atomic E-state index is 0.0830. The van der Waals surface area contributed by atoms with Gasteiger partial charge in [-0.25, -0.2) is 8.42 Å². The van der Waals surface area contributed by atoms with Gasteiger partial charge in [-0.1, -0.05) is 19.1 Å². The second-order valence-electron chi connectivity index (χ2n) is 5.02. The van der Waals surface area contributed by atoms with Crippen LogP contribution in [0.1, 0.15) is 24.9 Å². The summed E-state index contributed by atoms with van der Waals surface area (Å²) in [7, 11) is 1.07. The van der Waals surface area contributed by atoms with Gasteiger partial charge in [0.05, 0.1) is 5.75 Å². The molecule has 0 aromatic heterocycles. The van der Waals surface area contributed by atoms with Crippen LogP contribution in [-0.2, 0) is 9.84 Å². The summed E-state index contributed by atoms with van der Waals surface area (Å²) in [4.78, 5) is 2.04. The molecule has 0 aliphatic carbocycles. The van der Waals surface area contributed by atoms with Crippen molar-refractivity contribution in [1.82, 2.24) is 5.32 Å². The first-order valence-electron chi connectivity index (χ1n) is 6.52. The highest BCUT2D eigenvalue weighted by Gasteiger charge is 2.14. The van der Waals surface area contributed by atoms with Crippen LogP contribution in [0, 0.1) is 0 Å². The lowest BCUT2D eigenvalue weighted by atomic mass is 10.0. The van der Waals surface area contributed by atoms with Crippen molar-refractivity contribution < 1.29 is 8.42 Å². The molecule has 1 atom stereocenters. The van der Waals surface area contributed by atoms with Gasteiger partial charge in [-0.05, 0) is 30.7 Å². The van der Waals surface area contributed by atoms with Crippen LogP contribution in [0.2, 0.25) is 0 Å². The monoisotopic (exact) mass is 284 g/mol. The van der Waals surface area contributed by atoms with Crippen LogP contribution in [0.15, 0.2) is 24.3 Å². The van der Waals surface area contributed by atoms with E-state index in [9.17, 15) is 8.42 Å².